The van der Waals surface area contributed by atoms with E-state index in [1.165, 1.54) is 12.1 Å². The van der Waals surface area contributed by atoms with Crippen LogP contribution in [0.25, 0.3) is 0 Å². The smallest absolute Gasteiger partial charge is 0.243 e. The minimum Gasteiger partial charge on any atom is -0.497 e. The van der Waals surface area contributed by atoms with E-state index in [-0.39, 0.29) is 36.2 Å². The molecule has 0 bridgehead atoms. The molecular formula is C31H37N3O5S. The minimum atomic E-state index is -3.56. The van der Waals surface area contributed by atoms with Crippen LogP contribution in [0.1, 0.15) is 30.0 Å². The van der Waals surface area contributed by atoms with Crippen molar-refractivity contribution in [3.63, 3.8) is 0 Å². The van der Waals surface area contributed by atoms with Crippen LogP contribution in [0, 0.1) is 0 Å². The third-order valence-corrected chi connectivity index (χ3v) is 7.96. The van der Waals surface area contributed by atoms with E-state index in [1.807, 2.05) is 54.6 Å². The molecule has 40 heavy (non-hydrogen) atoms. The summed E-state index contributed by atoms with van der Waals surface area (Å²) in [7, 11) is -1.97. The lowest BCUT2D eigenvalue weighted by Gasteiger charge is -2.31. The fraction of sp³-hybridized carbons (Fsp3) is 0.290. The largest absolute Gasteiger partial charge is 0.497 e. The van der Waals surface area contributed by atoms with Gasteiger partial charge in [-0.05, 0) is 47.4 Å². The van der Waals surface area contributed by atoms with Gasteiger partial charge < -0.3 is 15.0 Å². The van der Waals surface area contributed by atoms with E-state index in [9.17, 15) is 18.0 Å². The van der Waals surface area contributed by atoms with E-state index in [4.69, 9.17) is 4.74 Å². The Morgan fingerprint density at radius 3 is 2.20 bits per heavy atom. The van der Waals surface area contributed by atoms with Gasteiger partial charge in [0.2, 0.25) is 21.8 Å². The van der Waals surface area contributed by atoms with Gasteiger partial charge in [0.25, 0.3) is 0 Å². The quantitative estimate of drug-likeness (QED) is 0.273. The van der Waals surface area contributed by atoms with Crippen LogP contribution in [0.4, 0.5) is 0 Å². The number of aryl methyl sites for hydroxylation is 1. The van der Waals surface area contributed by atoms with Gasteiger partial charge in [-0.2, -0.15) is 0 Å². The number of ether oxygens (including phenoxy) is 1. The van der Waals surface area contributed by atoms with E-state index in [1.54, 1.807) is 37.1 Å². The number of rotatable bonds is 15. The van der Waals surface area contributed by atoms with Crippen molar-refractivity contribution in [2.24, 2.45) is 0 Å². The fourth-order valence-electron chi connectivity index (χ4n) is 4.28. The highest BCUT2D eigenvalue weighted by Crippen LogP contribution is 2.19. The van der Waals surface area contributed by atoms with Gasteiger partial charge in [-0.25, -0.2) is 13.1 Å². The summed E-state index contributed by atoms with van der Waals surface area (Å²) in [5.41, 5.74) is 2.62. The molecule has 0 radical (unpaired) electrons. The van der Waals surface area contributed by atoms with Crippen LogP contribution in [-0.2, 0) is 39.0 Å². The average Bonchev–Trinajstić information content (AvgIpc) is 2.97. The van der Waals surface area contributed by atoms with E-state index < -0.39 is 16.1 Å². The van der Waals surface area contributed by atoms with Crippen molar-refractivity contribution in [2.45, 2.75) is 43.7 Å². The highest BCUT2D eigenvalue weighted by Gasteiger charge is 2.30. The number of carbonyl (C=O) groups is 2. The minimum absolute atomic E-state index is 0.148. The molecule has 9 heteroatoms. The van der Waals surface area contributed by atoms with Crippen LogP contribution >= 0.6 is 0 Å². The Morgan fingerprint density at radius 2 is 1.60 bits per heavy atom. The molecule has 0 aliphatic carbocycles. The van der Waals surface area contributed by atoms with Gasteiger partial charge in [0, 0.05) is 32.5 Å². The predicted octanol–water partition coefficient (Wildman–Crippen LogP) is 3.87. The number of methoxy groups -OCH3 is 1. The van der Waals surface area contributed by atoms with Gasteiger partial charge in [-0.3, -0.25) is 9.59 Å². The lowest BCUT2D eigenvalue weighted by Crippen LogP contribution is -2.50. The van der Waals surface area contributed by atoms with Crippen LogP contribution in [0.3, 0.4) is 0 Å². The van der Waals surface area contributed by atoms with Crippen molar-refractivity contribution in [1.82, 2.24) is 14.9 Å². The van der Waals surface area contributed by atoms with Gasteiger partial charge >= 0.3 is 0 Å². The van der Waals surface area contributed by atoms with Crippen molar-refractivity contribution < 1.29 is 22.7 Å². The first-order chi connectivity index (χ1) is 19.3. The van der Waals surface area contributed by atoms with Gasteiger partial charge in [-0.1, -0.05) is 67.6 Å². The molecule has 1 unspecified atom stereocenters. The molecule has 0 aliphatic heterocycles. The standard InChI is InChI=1S/C31H37N3O5S/c1-4-21-32-31(36)29(22-25-9-7-6-8-10-25)34(23-26-11-16-27(39-3)17-12-26)30(35)20-15-24-13-18-28(19-14-24)40(37,38)33-5-2/h4,6-14,16-19,29,33H,1,5,15,20-23H2,2-3H3,(H,32,36). The molecule has 0 aliphatic rings. The van der Waals surface area contributed by atoms with E-state index >= 15 is 0 Å². The lowest BCUT2D eigenvalue weighted by atomic mass is 10.0. The zero-order valence-corrected chi connectivity index (χ0v) is 23.8. The Labute approximate surface area is 237 Å². The molecule has 0 spiro atoms. The highest BCUT2D eigenvalue weighted by atomic mass is 32.2. The molecule has 3 aromatic carbocycles. The first kappa shape index (κ1) is 30.6. The summed E-state index contributed by atoms with van der Waals surface area (Å²) < 4.78 is 32.2. The van der Waals surface area contributed by atoms with Crippen LogP contribution in [0.5, 0.6) is 5.75 Å². The highest BCUT2D eigenvalue weighted by molar-refractivity contribution is 7.89. The summed E-state index contributed by atoms with van der Waals surface area (Å²) >= 11 is 0. The van der Waals surface area contributed by atoms with Crippen LogP contribution in [0.2, 0.25) is 0 Å². The third kappa shape index (κ3) is 8.79. The average molecular weight is 564 g/mol. The van der Waals surface area contributed by atoms with Gasteiger partial charge in [0.15, 0.2) is 0 Å². The van der Waals surface area contributed by atoms with Crippen LogP contribution in [-0.4, -0.2) is 51.4 Å². The molecule has 0 saturated heterocycles. The molecule has 3 aromatic rings. The van der Waals surface area contributed by atoms with Crippen molar-refractivity contribution in [2.75, 3.05) is 20.2 Å². The molecular weight excluding hydrogens is 526 g/mol. The summed E-state index contributed by atoms with van der Waals surface area (Å²) in [4.78, 5) is 28.9. The number of benzene rings is 3. The second kappa shape index (κ2) is 15.0. The zero-order valence-electron chi connectivity index (χ0n) is 23.0. The van der Waals surface area contributed by atoms with Gasteiger partial charge in [-0.15, -0.1) is 6.58 Å². The number of sulfonamides is 1. The Balaban J connectivity index is 1.86. The summed E-state index contributed by atoms with van der Waals surface area (Å²) in [6.45, 7) is 6.23. The molecule has 0 heterocycles. The number of hydrogen-bond acceptors (Lipinski definition) is 5. The second-order valence-corrected chi connectivity index (χ2v) is 11.0. The van der Waals surface area contributed by atoms with E-state index in [0.29, 0.717) is 25.1 Å². The molecule has 8 nitrogen and oxygen atoms in total. The molecule has 3 rings (SSSR count). The maximum Gasteiger partial charge on any atom is 0.243 e. The maximum atomic E-state index is 13.8. The van der Waals surface area contributed by atoms with Gasteiger partial charge in [0.05, 0.1) is 12.0 Å². The normalized spacial score (nSPS) is 11.8. The Kier molecular flexibility index (Phi) is 11.5. The first-order valence-electron chi connectivity index (χ1n) is 13.2. The molecule has 1 atom stereocenters. The summed E-state index contributed by atoms with van der Waals surface area (Å²) in [5, 5.41) is 2.86. The molecule has 2 amide bonds. The molecule has 212 valence electrons. The number of amides is 2. The summed E-state index contributed by atoms with van der Waals surface area (Å²) in [5.74, 6) is 0.254. The Bertz CT molecular complexity index is 1360. The summed E-state index contributed by atoms with van der Waals surface area (Å²) in [6, 6.07) is 22.8. The fourth-order valence-corrected chi connectivity index (χ4v) is 5.32. The van der Waals surface area contributed by atoms with Gasteiger partial charge in [0.1, 0.15) is 11.8 Å². The number of nitrogens with zero attached hydrogens (tertiary/aromatic N) is 1. The Morgan fingerprint density at radius 1 is 0.950 bits per heavy atom. The maximum absolute atomic E-state index is 13.8. The topological polar surface area (TPSA) is 105 Å². The predicted molar refractivity (Wildman–Crippen MR) is 156 cm³/mol. The molecule has 0 saturated carbocycles. The number of nitrogens with one attached hydrogen (secondary N) is 2. The van der Waals surface area contributed by atoms with Crippen LogP contribution in [0.15, 0.2) is 96.4 Å². The van der Waals surface area contributed by atoms with Crippen molar-refractivity contribution >= 4 is 21.8 Å². The van der Waals surface area contributed by atoms with E-state index in [0.717, 1.165) is 16.7 Å². The van der Waals surface area contributed by atoms with E-state index in [2.05, 4.69) is 16.6 Å². The van der Waals surface area contributed by atoms with Crippen LogP contribution < -0.4 is 14.8 Å². The third-order valence-electron chi connectivity index (χ3n) is 6.40. The lowest BCUT2D eigenvalue weighted by molar-refractivity contribution is -0.141. The number of hydrogen-bond donors (Lipinski definition) is 2. The van der Waals surface area contributed by atoms with Crippen molar-refractivity contribution in [3.05, 3.63) is 108 Å². The van der Waals surface area contributed by atoms with Crippen molar-refractivity contribution in [3.8, 4) is 5.75 Å². The Hall–Kier alpha value is -3.95. The second-order valence-electron chi connectivity index (χ2n) is 9.25. The number of carbonyl (C=O) groups excluding carboxylic acids is 2. The molecule has 2 N–H and O–H groups in total. The SMILES string of the molecule is C=CCNC(=O)C(Cc1ccccc1)N(Cc1ccc(OC)cc1)C(=O)CCc1ccc(S(=O)(=O)NCC)cc1. The molecule has 0 aromatic heterocycles. The van der Waals surface area contributed by atoms with Crippen molar-refractivity contribution in [1.29, 1.82) is 0 Å². The zero-order chi connectivity index (χ0) is 29.0. The summed E-state index contributed by atoms with van der Waals surface area (Å²) in [6.07, 6.45) is 2.50. The molecule has 0 fully saturated rings. The monoisotopic (exact) mass is 563 g/mol. The first-order valence-corrected chi connectivity index (χ1v) is 14.7.